The van der Waals surface area contributed by atoms with Crippen LogP contribution in [-0.2, 0) is 4.79 Å². The minimum atomic E-state index is -0.0324. The van der Waals surface area contributed by atoms with E-state index in [-0.39, 0.29) is 5.91 Å². The molecule has 7 heteroatoms. The van der Waals surface area contributed by atoms with Gasteiger partial charge in [0.05, 0.1) is 17.2 Å². The van der Waals surface area contributed by atoms with Gasteiger partial charge in [0, 0.05) is 17.5 Å². The molecule has 1 saturated heterocycles. The van der Waals surface area contributed by atoms with Crippen LogP contribution < -0.4 is 4.74 Å². The number of hydrogen-bond acceptors (Lipinski definition) is 6. The Bertz CT molecular complexity index is 1090. The van der Waals surface area contributed by atoms with Gasteiger partial charge in [-0.25, -0.2) is 4.98 Å². The van der Waals surface area contributed by atoms with Gasteiger partial charge in [0.1, 0.15) is 5.75 Å². The predicted molar refractivity (Wildman–Crippen MR) is 125 cm³/mol. The molecule has 1 amide bonds. The van der Waals surface area contributed by atoms with Crippen LogP contribution in [0.5, 0.6) is 5.75 Å². The van der Waals surface area contributed by atoms with Crippen molar-refractivity contribution in [2.24, 2.45) is 4.99 Å². The predicted octanol–water partition coefficient (Wildman–Crippen LogP) is 5.83. The van der Waals surface area contributed by atoms with Crippen molar-refractivity contribution in [1.82, 2.24) is 9.88 Å². The van der Waals surface area contributed by atoms with Crippen LogP contribution in [0.3, 0.4) is 0 Å². The number of thioether (sulfide) groups is 1. The summed E-state index contributed by atoms with van der Waals surface area (Å²) in [5.74, 6) is 0.787. The van der Waals surface area contributed by atoms with Crippen LogP contribution in [0.15, 0.2) is 69.9 Å². The molecule has 30 heavy (non-hydrogen) atoms. The number of ether oxygens (including phenoxy) is 1. The summed E-state index contributed by atoms with van der Waals surface area (Å²) in [6, 6.07) is 17.7. The third kappa shape index (κ3) is 4.47. The van der Waals surface area contributed by atoms with Gasteiger partial charge < -0.3 is 4.74 Å². The molecule has 152 valence electrons. The topological polar surface area (TPSA) is 54.8 Å². The summed E-state index contributed by atoms with van der Waals surface area (Å²) in [7, 11) is 0. The summed E-state index contributed by atoms with van der Waals surface area (Å²) in [5, 5.41) is 3.29. The molecule has 0 N–H and O–H groups in total. The number of likely N-dealkylation sites (N-methyl/N-ethyl adjacent to an activating group) is 1. The van der Waals surface area contributed by atoms with Gasteiger partial charge in [-0.15, -0.1) is 11.3 Å². The average Bonchev–Trinajstić information content (AvgIpc) is 3.35. The fourth-order valence-electron chi connectivity index (χ4n) is 2.99. The summed E-state index contributed by atoms with van der Waals surface area (Å²) in [4.78, 5) is 24.5. The number of thiazole rings is 1. The quantitative estimate of drug-likeness (QED) is 0.457. The highest BCUT2D eigenvalue weighted by atomic mass is 32.2. The van der Waals surface area contributed by atoms with Crippen LogP contribution in [0.25, 0.3) is 17.3 Å². The molecule has 1 aliphatic heterocycles. The van der Waals surface area contributed by atoms with E-state index in [1.54, 1.807) is 4.90 Å². The lowest BCUT2D eigenvalue weighted by molar-refractivity contribution is -0.122. The standard InChI is InChI=1S/C23H21N3O2S2/c1-3-26-21(27)20(14-16-10-12-18(13-11-16)28-4-2)30-23(26)25-22-24-19(15-29-22)17-8-6-5-7-9-17/h5-15H,3-4H2,1-2H3/b20-14-,25-23+. The number of carbonyl (C=O) groups is 1. The largest absolute Gasteiger partial charge is 0.494 e. The molecule has 0 aliphatic carbocycles. The van der Waals surface area contributed by atoms with E-state index in [9.17, 15) is 4.79 Å². The lowest BCUT2D eigenvalue weighted by Crippen LogP contribution is -2.28. The minimum Gasteiger partial charge on any atom is -0.494 e. The molecule has 2 aromatic carbocycles. The Hall–Kier alpha value is -2.90. The molecule has 1 aromatic heterocycles. The monoisotopic (exact) mass is 435 g/mol. The Kier molecular flexibility index (Phi) is 6.30. The zero-order chi connectivity index (χ0) is 20.9. The molecule has 3 aromatic rings. The van der Waals surface area contributed by atoms with Gasteiger partial charge in [-0.3, -0.25) is 9.69 Å². The smallest absolute Gasteiger partial charge is 0.266 e. The van der Waals surface area contributed by atoms with Crippen molar-refractivity contribution in [3.8, 4) is 17.0 Å². The van der Waals surface area contributed by atoms with Crippen molar-refractivity contribution in [3.05, 3.63) is 70.4 Å². The molecule has 5 nitrogen and oxygen atoms in total. The zero-order valence-corrected chi connectivity index (χ0v) is 18.4. The second-order valence-corrected chi connectivity index (χ2v) is 8.28. The minimum absolute atomic E-state index is 0.0324. The first-order chi connectivity index (χ1) is 14.7. The molecule has 0 saturated carbocycles. The van der Waals surface area contributed by atoms with Crippen LogP contribution in [0, 0.1) is 0 Å². The third-order valence-electron chi connectivity index (χ3n) is 4.45. The number of hydrogen-bond donors (Lipinski definition) is 0. The lowest BCUT2D eigenvalue weighted by atomic mass is 10.2. The van der Waals surface area contributed by atoms with E-state index in [2.05, 4.69) is 9.98 Å². The van der Waals surface area contributed by atoms with Gasteiger partial charge >= 0.3 is 0 Å². The van der Waals surface area contributed by atoms with Crippen molar-refractivity contribution >= 4 is 45.4 Å². The Morgan fingerprint density at radius 3 is 2.57 bits per heavy atom. The van der Waals surface area contributed by atoms with Gasteiger partial charge in [-0.1, -0.05) is 42.5 Å². The highest BCUT2D eigenvalue weighted by molar-refractivity contribution is 8.18. The van der Waals surface area contributed by atoms with E-state index in [0.29, 0.717) is 28.4 Å². The molecule has 0 unspecified atom stereocenters. The van der Waals surface area contributed by atoms with Gasteiger partial charge in [0.25, 0.3) is 5.91 Å². The Balaban J connectivity index is 1.57. The SMILES string of the molecule is CCOc1ccc(/C=C2\S/C(=N/c3nc(-c4ccccc4)cs3)N(CC)C2=O)cc1. The van der Waals surface area contributed by atoms with Crippen LogP contribution in [-0.4, -0.2) is 34.1 Å². The van der Waals surface area contributed by atoms with E-state index in [1.807, 2.05) is 79.9 Å². The summed E-state index contributed by atoms with van der Waals surface area (Å²) in [6.45, 7) is 5.09. The van der Waals surface area contributed by atoms with Crippen molar-refractivity contribution in [2.45, 2.75) is 13.8 Å². The van der Waals surface area contributed by atoms with E-state index in [1.165, 1.54) is 23.1 Å². The first-order valence-electron chi connectivity index (χ1n) is 9.72. The van der Waals surface area contributed by atoms with Crippen LogP contribution in [0.2, 0.25) is 0 Å². The van der Waals surface area contributed by atoms with E-state index in [0.717, 1.165) is 22.6 Å². The fourth-order valence-corrected chi connectivity index (χ4v) is 4.78. The van der Waals surface area contributed by atoms with E-state index >= 15 is 0 Å². The molecule has 0 atom stereocenters. The second kappa shape index (κ2) is 9.28. The summed E-state index contributed by atoms with van der Waals surface area (Å²) in [6.07, 6.45) is 1.89. The average molecular weight is 436 g/mol. The first kappa shape index (κ1) is 20.4. The maximum absolute atomic E-state index is 12.9. The molecule has 2 heterocycles. The maximum atomic E-state index is 12.9. The Labute approximate surface area is 184 Å². The number of rotatable bonds is 6. The Morgan fingerprint density at radius 1 is 1.10 bits per heavy atom. The molecular weight excluding hydrogens is 414 g/mol. The number of amides is 1. The lowest BCUT2D eigenvalue weighted by Gasteiger charge is -2.11. The number of aromatic nitrogens is 1. The van der Waals surface area contributed by atoms with Gasteiger partial charge in [-0.2, -0.15) is 4.99 Å². The van der Waals surface area contributed by atoms with Crippen LogP contribution in [0.4, 0.5) is 5.13 Å². The van der Waals surface area contributed by atoms with Gasteiger partial charge in [0.15, 0.2) is 5.17 Å². The maximum Gasteiger partial charge on any atom is 0.266 e. The molecule has 4 rings (SSSR count). The first-order valence-corrected chi connectivity index (χ1v) is 11.4. The molecular formula is C23H21N3O2S2. The molecule has 1 fully saturated rings. The molecule has 0 spiro atoms. The van der Waals surface area contributed by atoms with E-state index < -0.39 is 0 Å². The van der Waals surface area contributed by atoms with Gasteiger partial charge in [0.2, 0.25) is 5.13 Å². The zero-order valence-electron chi connectivity index (χ0n) is 16.7. The second-order valence-electron chi connectivity index (χ2n) is 6.44. The number of nitrogens with zero attached hydrogens (tertiary/aromatic N) is 3. The van der Waals surface area contributed by atoms with Gasteiger partial charge in [-0.05, 0) is 49.4 Å². The normalized spacial score (nSPS) is 16.6. The van der Waals surface area contributed by atoms with Crippen LogP contribution in [0.1, 0.15) is 19.4 Å². The summed E-state index contributed by atoms with van der Waals surface area (Å²) < 4.78 is 5.48. The van der Waals surface area contributed by atoms with Crippen LogP contribution >= 0.6 is 23.1 Å². The summed E-state index contributed by atoms with van der Waals surface area (Å²) in [5.41, 5.74) is 2.90. The summed E-state index contributed by atoms with van der Waals surface area (Å²) >= 11 is 2.86. The fraction of sp³-hybridized carbons (Fsp3) is 0.174. The highest BCUT2D eigenvalue weighted by Gasteiger charge is 2.32. The van der Waals surface area contributed by atoms with Crippen molar-refractivity contribution in [3.63, 3.8) is 0 Å². The third-order valence-corrected chi connectivity index (χ3v) is 6.19. The van der Waals surface area contributed by atoms with E-state index in [4.69, 9.17) is 4.74 Å². The van der Waals surface area contributed by atoms with Crippen molar-refractivity contribution in [1.29, 1.82) is 0 Å². The highest BCUT2D eigenvalue weighted by Crippen LogP contribution is 2.35. The number of amidine groups is 1. The molecule has 0 radical (unpaired) electrons. The number of carbonyl (C=O) groups excluding carboxylic acids is 1. The molecule has 1 aliphatic rings. The number of aliphatic imine (C=N–C) groups is 1. The molecule has 0 bridgehead atoms. The Morgan fingerprint density at radius 2 is 1.87 bits per heavy atom. The van der Waals surface area contributed by atoms with Crippen molar-refractivity contribution in [2.75, 3.05) is 13.2 Å². The number of benzene rings is 2. The van der Waals surface area contributed by atoms with Crippen molar-refractivity contribution < 1.29 is 9.53 Å².